The van der Waals surface area contributed by atoms with Crippen LogP contribution in [0.5, 0.6) is 0 Å². The van der Waals surface area contributed by atoms with E-state index in [-0.39, 0.29) is 18.4 Å². The molecule has 1 N–H and O–H groups in total. The zero-order chi connectivity index (χ0) is 17.0. The van der Waals surface area contributed by atoms with Crippen LogP contribution in [0.3, 0.4) is 0 Å². The fourth-order valence-corrected chi connectivity index (χ4v) is 2.53. The normalized spacial score (nSPS) is 11.3. The van der Waals surface area contributed by atoms with Crippen LogP contribution in [0.25, 0.3) is 0 Å². The van der Waals surface area contributed by atoms with Crippen LogP contribution in [0, 0.1) is 6.92 Å². The minimum atomic E-state index is -0.0819. The topological polar surface area (TPSA) is 71.3 Å². The van der Waals surface area contributed by atoms with Gasteiger partial charge in [-0.1, -0.05) is 34.9 Å². The smallest absolute Gasteiger partial charge is 0.240 e. The number of aromatic nitrogens is 2. The molecule has 0 unspecified atom stereocenters. The Morgan fingerprint density at radius 2 is 2.17 bits per heavy atom. The number of nitrogens with zero attached hydrogens (tertiary/aromatic N) is 3. The molecular weight excluding hydrogens is 360 g/mol. The molecule has 0 aliphatic heterocycles. The molecule has 0 atom stereocenters. The minimum Gasteiger partial charge on any atom is -0.338 e. The van der Waals surface area contributed by atoms with Gasteiger partial charge in [0, 0.05) is 16.1 Å². The van der Waals surface area contributed by atoms with Gasteiger partial charge in [-0.25, -0.2) is 0 Å². The molecule has 0 spiro atoms. The van der Waals surface area contributed by atoms with E-state index < -0.39 is 0 Å². The second-order valence-electron chi connectivity index (χ2n) is 5.88. The Balaban J connectivity index is 1.88. The largest absolute Gasteiger partial charge is 0.338 e. The van der Waals surface area contributed by atoms with E-state index >= 15 is 0 Å². The number of likely N-dealkylation sites (N-methyl/N-ethyl adjacent to an activating group) is 1. The summed E-state index contributed by atoms with van der Waals surface area (Å²) in [6.07, 6.45) is 0. The first-order chi connectivity index (χ1) is 10.8. The quantitative estimate of drug-likeness (QED) is 0.831. The fraction of sp³-hybridized carbons (Fsp3) is 0.438. The zero-order valence-corrected chi connectivity index (χ0v) is 15.3. The molecule has 6 nitrogen and oxygen atoms in total. The SMILES string of the molecule is Cc1cc(Br)ccc1NC(=O)CN(C)Cc1nc(C(C)C)no1. The lowest BCUT2D eigenvalue weighted by Crippen LogP contribution is -2.30. The lowest BCUT2D eigenvalue weighted by Gasteiger charge is -2.15. The van der Waals surface area contributed by atoms with Crippen molar-refractivity contribution in [1.82, 2.24) is 15.0 Å². The van der Waals surface area contributed by atoms with Crippen molar-refractivity contribution in [3.63, 3.8) is 0 Å². The Bertz CT molecular complexity index is 684. The molecule has 23 heavy (non-hydrogen) atoms. The van der Waals surface area contributed by atoms with Gasteiger partial charge in [-0.05, 0) is 37.7 Å². The van der Waals surface area contributed by atoms with Gasteiger partial charge < -0.3 is 9.84 Å². The maximum Gasteiger partial charge on any atom is 0.240 e. The summed E-state index contributed by atoms with van der Waals surface area (Å²) in [4.78, 5) is 18.3. The lowest BCUT2D eigenvalue weighted by molar-refractivity contribution is -0.117. The molecular formula is C16H21BrN4O2. The van der Waals surface area contributed by atoms with Gasteiger partial charge in [-0.15, -0.1) is 0 Å². The van der Waals surface area contributed by atoms with Crippen molar-refractivity contribution in [3.05, 3.63) is 40.0 Å². The van der Waals surface area contributed by atoms with E-state index in [1.807, 2.05) is 50.9 Å². The number of aryl methyl sites for hydroxylation is 1. The molecule has 7 heteroatoms. The number of amides is 1. The number of benzene rings is 1. The van der Waals surface area contributed by atoms with Crippen LogP contribution >= 0.6 is 15.9 Å². The molecule has 124 valence electrons. The molecule has 0 saturated carbocycles. The number of carbonyl (C=O) groups is 1. The number of carbonyl (C=O) groups excluding carboxylic acids is 1. The molecule has 0 bridgehead atoms. The molecule has 0 aliphatic rings. The van der Waals surface area contributed by atoms with E-state index in [9.17, 15) is 4.79 Å². The van der Waals surface area contributed by atoms with Crippen LogP contribution in [0.1, 0.15) is 37.0 Å². The third-order valence-electron chi connectivity index (χ3n) is 3.28. The summed E-state index contributed by atoms with van der Waals surface area (Å²) >= 11 is 3.41. The molecule has 0 radical (unpaired) electrons. The molecule has 1 amide bonds. The zero-order valence-electron chi connectivity index (χ0n) is 13.8. The predicted molar refractivity (Wildman–Crippen MR) is 92.2 cm³/mol. The Labute approximate surface area is 144 Å². The second kappa shape index (κ2) is 7.70. The number of nitrogens with one attached hydrogen (secondary N) is 1. The highest BCUT2D eigenvalue weighted by molar-refractivity contribution is 9.10. The summed E-state index contributed by atoms with van der Waals surface area (Å²) in [6.45, 7) is 6.65. The highest BCUT2D eigenvalue weighted by Gasteiger charge is 2.14. The van der Waals surface area contributed by atoms with Crippen molar-refractivity contribution in [2.45, 2.75) is 33.2 Å². The van der Waals surface area contributed by atoms with Crippen molar-refractivity contribution in [3.8, 4) is 0 Å². The highest BCUT2D eigenvalue weighted by Crippen LogP contribution is 2.20. The summed E-state index contributed by atoms with van der Waals surface area (Å²) in [7, 11) is 1.84. The van der Waals surface area contributed by atoms with Crippen molar-refractivity contribution in [1.29, 1.82) is 0 Å². The molecule has 1 aromatic carbocycles. The third kappa shape index (κ3) is 5.14. The van der Waals surface area contributed by atoms with Crippen LogP contribution in [0.15, 0.2) is 27.2 Å². The lowest BCUT2D eigenvalue weighted by atomic mass is 10.2. The molecule has 0 saturated heterocycles. The Morgan fingerprint density at radius 3 is 2.78 bits per heavy atom. The summed E-state index contributed by atoms with van der Waals surface area (Å²) in [5.41, 5.74) is 1.82. The maximum absolute atomic E-state index is 12.1. The number of anilines is 1. The number of hydrogen-bond acceptors (Lipinski definition) is 5. The van der Waals surface area contributed by atoms with Gasteiger partial charge in [0.25, 0.3) is 0 Å². The molecule has 2 rings (SSSR count). The summed E-state index contributed by atoms with van der Waals surface area (Å²) < 4.78 is 6.18. The van der Waals surface area contributed by atoms with Gasteiger partial charge in [0.15, 0.2) is 5.82 Å². The molecule has 1 aromatic heterocycles. The first-order valence-electron chi connectivity index (χ1n) is 7.42. The van der Waals surface area contributed by atoms with E-state index in [1.54, 1.807) is 0 Å². The standard InChI is InChI=1S/C16H21BrN4O2/c1-10(2)16-19-15(23-20-16)9-21(4)8-14(22)18-13-6-5-12(17)7-11(13)3/h5-7,10H,8-9H2,1-4H3,(H,18,22). The Morgan fingerprint density at radius 1 is 1.43 bits per heavy atom. The Kier molecular flexibility index (Phi) is 5.90. The highest BCUT2D eigenvalue weighted by atomic mass is 79.9. The van der Waals surface area contributed by atoms with E-state index in [2.05, 4.69) is 31.4 Å². The molecule has 1 heterocycles. The van der Waals surface area contributed by atoms with Crippen LogP contribution in [0.2, 0.25) is 0 Å². The average Bonchev–Trinajstić information content (AvgIpc) is 2.90. The third-order valence-corrected chi connectivity index (χ3v) is 3.77. The van der Waals surface area contributed by atoms with E-state index in [0.29, 0.717) is 18.3 Å². The van der Waals surface area contributed by atoms with Crippen LogP contribution in [-0.2, 0) is 11.3 Å². The maximum atomic E-state index is 12.1. The summed E-state index contributed by atoms with van der Waals surface area (Å²) in [5, 5.41) is 6.83. The molecule has 2 aromatic rings. The molecule has 0 fully saturated rings. The molecule has 0 aliphatic carbocycles. The first kappa shape index (κ1) is 17.6. The monoisotopic (exact) mass is 380 g/mol. The number of halogens is 1. The average molecular weight is 381 g/mol. The first-order valence-corrected chi connectivity index (χ1v) is 8.21. The van der Waals surface area contributed by atoms with Gasteiger partial charge in [-0.2, -0.15) is 4.98 Å². The minimum absolute atomic E-state index is 0.0819. The fourth-order valence-electron chi connectivity index (χ4n) is 2.06. The van der Waals surface area contributed by atoms with Gasteiger partial charge in [0.05, 0.1) is 13.1 Å². The second-order valence-corrected chi connectivity index (χ2v) is 6.80. The van der Waals surface area contributed by atoms with Crippen molar-refractivity contribution >= 4 is 27.5 Å². The number of hydrogen-bond donors (Lipinski definition) is 1. The van der Waals surface area contributed by atoms with Crippen LogP contribution in [0.4, 0.5) is 5.69 Å². The van der Waals surface area contributed by atoms with E-state index in [0.717, 1.165) is 15.7 Å². The van der Waals surface area contributed by atoms with Crippen molar-refractivity contribution in [2.75, 3.05) is 18.9 Å². The van der Waals surface area contributed by atoms with Gasteiger partial charge in [0.2, 0.25) is 11.8 Å². The van der Waals surface area contributed by atoms with Crippen LogP contribution < -0.4 is 5.32 Å². The van der Waals surface area contributed by atoms with Gasteiger partial charge in [0.1, 0.15) is 0 Å². The van der Waals surface area contributed by atoms with Crippen LogP contribution in [-0.4, -0.2) is 34.5 Å². The van der Waals surface area contributed by atoms with Crippen molar-refractivity contribution in [2.24, 2.45) is 0 Å². The van der Waals surface area contributed by atoms with E-state index in [1.165, 1.54) is 0 Å². The van der Waals surface area contributed by atoms with Crippen molar-refractivity contribution < 1.29 is 9.32 Å². The van der Waals surface area contributed by atoms with Gasteiger partial charge in [-0.3, -0.25) is 9.69 Å². The van der Waals surface area contributed by atoms with E-state index in [4.69, 9.17) is 4.52 Å². The summed E-state index contributed by atoms with van der Waals surface area (Å²) in [5.74, 6) is 1.34. The van der Waals surface area contributed by atoms with Gasteiger partial charge >= 0.3 is 0 Å². The Hall–Kier alpha value is -1.73. The summed E-state index contributed by atoms with van der Waals surface area (Å²) in [6, 6.07) is 5.74. The number of rotatable bonds is 6. The predicted octanol–water partition coefficient (Wildman–Crippen LogP) is 3.33.